The highest BCUT2D eigenvalue weighted by Gasteiger charge is 2.13. The predicted octanol–water partition coefficient (Wildman–Crippen LogP) is 2.01. The van der Waals surface area contributed by atoms with Gasteiger partial charge in [0.15, 0.2) is 5.82 Å². The van der Waals surface area contributed by atoms with Gasteiger partial charge in [-0.15, -0.1) is 0 Å². The van der Waals surface area contributed by atoms with E-state index in [1.165, 1.54) is 4.57 Å². The average molecular weight is 280 g/mol. The Balaban J connectivity index is 1.85. The van der Waals surface area contributed by atoms with Crippen LogP contribution in [0.3, 0.4) is 0 Å². The van der Waals surface area contributed by atoms with E-state index in [1.54, 1.807) is 18.5 Å². The number of nitrogens with zero attached hydrogens (tertiary/aromatic N) is 4. The zero-order chi connectivity index (χ0) is 14.5. The summed E-state index contributed by atoms with van der Waals surface area (Å²) >= 11 is 0. The van der Waals surface area contributed by atoms with Gasteiger partial charge in [0.2, 0.25) is 5.82 Å². The summed E-state index contributed by atoms with van der Waals surface area (Å²) < 4.78 is 6.08. The van der Waals surface area contributed by atoms with Crippen LogP contribution in [0.1, 0.15) is 5.56 Å². The molecule has 0 radical (unpaired) electrons. The highest BCUT2D eigenvalue weighted by molar-refractivity contribution is 5.49. The molecule has 2 aromatic heterocycles. The van der Waals surface area contributed by atoms with Crippen molar-refractivity contribution in [3.63, 3.8) is 0 Å². The van der Waals surface area contributed by atoms with E-state index >= 15 is 0 Å². The van der Waals surface area contributed by atoms with E-state index in [9.17, 15) is 4.79 Å². The van der Waals surface area contributed by atoms with Gasteiger partial charge in [-0.05, 0) is 11.6 Å². The van der Waals surface area contributed by atoms with Gasteiger partial charge in [-0.1, -0.05) is 47.6 Å². The smallest absolute Gasteiger partial charge is 0.295 e. The normalized spacial score (nSPS) is 11.0. The fourth-order valence-corrected chi connectivity index (χ4v) is 1.86. The molecular formula is C15H12N4O2. The van der Waals surface area contributed by atoms with Gasteiger partial charge in [0.25, 0.3) is 0 Å². The van der Waals surface area contributed by atoms with Crippen molar-refractivity contribution in [1.82, 2.24) is 19.7 Å². The highest BCUT2D eigenvalue weighted by atomic mass is 16.5. The quantitative estimate of drug-likeness (QED) is 0.730. The first-order valence-electron chi connectivity index (χ1n) is 6.40. The summed E-state index contributed by atoms with van der Waals surface area (Å²) in [6.07, 6.45) is 6.96. The standard InChI is InChI=1S/C15H12N4O2/c20-15-19(11-4-8-12-6-2-1-3-7-12)14(18-21-15)13-16-9-5-10-17-13/h1-10H,11H2/b8-4-. The van der Waals surface area contributed by atoms with Crippen LogP contribution in [0.25, 0.3) is 17.7 Å². The van der Waals surface area contributed by atoms with Crippen LogP contribution in [-0.2, 0) is 6.54 Å². The summed E-state index contributed by atoms with van der Waals surface area (Å²) in [7, 11) is 0. The Kier molecular flexibility index (Phi) is 3.68. The molecule has 2 heterocycles. The van der Waals surface area contributed by atoms with E-state index < -0.39 is 5.76 Å². The maximum absolute atomic E-state index is 11.7. The van der Waals surface area contributed by atoms with E-state index in [4.69, 9.17) is 4.52 Å². The van der Waals surface area contributed by atoms with Crippen molar-refractivity contribution in [1.29, 1.82) is 0 Å². The molecule has 0 saturated carbocycles. The van der Waals surface area contributed by atoms with E-state index in [-0.39, 0.29) is 0 Å². The topological polar surface area (TPSA) is 73.8 Å². The van der Waals surface area contributed by atoms with Gasteiger partial charge in [-0.2, -0.15) is 0 Å². The SMILES string of the molecule is O=c1onc(-c2ncccn2)n1C/C=C\c1ccccc1. The van der Waals surface area contributed by atoms with Crippen LogP contribution in [0.5, 0.6) is 0 Å². The molecule has 0 atom stereocenters. The van der Waals surface area contributed by atoms with Crippen molar-refractivity contribution in [3.05, 3.63) is 71.0 Å². The van der Waals surface area contributed by atoms with Gasteiger partial charge in [-0.25, -0.2) is 19.3 Å². The molecule has 0 aliphatic carbocycles. The third-order valence-electron chi connectivity index (χ3n) is 2.85. The van der Waals surface area contributed by atoms with Crippen LogP contribution in [0.2, 0.25) is 0 Å². The summed E-state index contributed by atoms with van der Waals surface area (Å²) in [6, 6.07) is 11.5. The van der Waals surface area contributed by atoms with Gasteiger partial charge < -0.3 is 0 Å². The largest absolute Gasteiger partial charge is 0.442 e. The number of allylic oxidation sites excluding steroid dienone is 1. The van der Waals surface area contributed by atoms with Gasteiger partial charge in [0.1, 0.15) is 0 Å². The molecule has 0 N–H and O–H groups in total. The zero-order valence-electron chi connectivity index (χ0n) is 11.1. The second-order valence-electron chi connectivity index (χ2n) is 4.27. The molecule has 3 aromatic rings. The first-order valence-corrected chi connectivity index (χ1v) is 6.40. The first-order chi connectivity index (χ1) is 10.3. The summed E-state index contributed by atoms with van der Waals surface area (Å²) in [4.78, 5) is 19.8. The molecule has 0 aliphatic rings. The molecule has 6 heteroatoms. The fourth-order valence-electron chi connectivity index (χ4n) is 1.86. The minimum Gasteiger partial charge on any atom is -0.295 e. The molecule has 6 nitrogen and oxygen atoms in total. The van der Waals surface area contributed by atoms with Crippen LogP contribution in [0.4, 0.5) is 0 Å². The Bertz CT molecular complexity index is 791. The number of hydrogen-bond donors (Lipinski definition) is 0. The number of aromatic nitrogens is 4. The molecule has 0 saturated heterocycles. The van der Waals surface area contributed by atoms with Crippen molar-refractivity contribution >= 4 is 6.08 Å². The number of benzene rings is 1. The molecule has 0 amide bonds. The summed E-state index contributed by atoms with van der Waals surface area (Å²) in [5.74, 6) is 0.143. The number of hydrogen-bond acceptors (Lipinski definition) is 5. The summed E-state index contributed by atoms with van der Waals surface area (Å²) in [6.45, 7) is 0.338. The Morgan fingerprint density at radius 1 is 1.10 bits per heavy atom. The van der Waals surface area contributed by atoms with Gasteiger partial charge in [0, 0.05) is 18.9 Å². The van der Waals surface area contributed by atoms with E-state index in [2.05, 4.69) is 15.1 Å². The van der Waals surface area contributed by atoms with Crippen molar-refractivity contribution in [2.45, 2.75) is 6.54 Å². The second kappa shape index (κ2) is 5.96. The molecule has 0 fully saturated rings. The van der Waals surface area contributed by atoms with E-state index in [0.29, 0.717) is 18.2 Å². The van der Waals surface area contributed by atoms with E-state index in [0.717, 1.165) is 5.56 Å². The molecule has 0 bridgehead atoms. The second-order valence-corrected chi connectivity index (χ2v) is 4.27. The Labute approximate surface area is 120 Å². The molecule has 21 heavy (non-hydrogen) atoms. The van der Waals surface area contributed by atoms with Crippen LogP contribution < -0.4 is 5.76 Å². The Hall–Kier alpha value is -3.02. The lowest BCUT2D eigenvalue weighted by molar-refractivity contribution is 0.378. The molecule has 1 aromatic carbocycles. The summed E-state index contributed by atoms with van der Waals surface area (Å²) in [5, 5.41) is 3.73. The van der Waals surface area contributed by atoms with Gasteiger partial charge in [0.05, 0.1) is 0 Å². The van der Waals surface area contributed by atoms with Crippen LogP contribution in [0, 0.1) is 0 Å². The van der Waals surface area contributed by atoms with Crippen LogP contribution >= 0.6 is 0 Å². The van der Waals surface area contributed by atoms with Gasteiger partial charge in [-0.3, -0.25) is 4.52 Å². The van der Waals surface area contributed by atoms with Gasteiger partial charge >= 0.3 is 5.76 Å². The Morgan fingerprint density at radius 2 is 1.86 bits per heavy atom. The van der Waals surface area contributed by atoms with Crippen LogP contribution in [-0.4, -0.2) is 19.7 Å². The number of rotatable bonds is 4. The third kappa shape index (κ3) is 2.94. The minimum absolute atomic E-state index is 0.318. The molecule has 0 unspecified atom stereocenters. The Morgan fingerprint density at radius 3 is 2.62 bits per heavy atom. The maximum Gasteiger partial charge on any atom is 0.442 e. The molecule has 0 spiro atoms. The van der Waals surface area contributed by atoms with E-state index in [1.807, 2.05) is 42.5 Å². The average Bonchev–Trinajstić information content (AvgIpc) is 2.91. The van der Waals surface area contributed by atoms with Crippen molar-refractivity contribution in [2.75, 3.05) is 0 Å². The summed E-state index contributed by atoms with van der Waals surface area (Å²) in [5.41, 5.74) is 1.06. The van der Waals surface area contributed by atoms with Crippen molar-refractivity contribution in [3.8, 4) is 11.6 Å². The third-order valence-corrected chi connectivity index (χ3v) is 2.85. The zero-order valence-corrected chi connectivity index (χ0v) is 11.1. The molecule has 104 valence electrons. The fraction of sp³-hybridized carbons (Fsp3) is 0.0667. The first kappa shape index (κ1) is 13.0. The lowest BCUT2D eigenvalue weighted by Gasteiger charge is -1.99. The molecule has 3 rings (SSSR count). The lowest BCUT2D eigenvalue weighted by atomic mass is 10.2. The monoisotopic (exact) mass is 280 g/mol. The molecular weight excluding hydrogens is 268 g/mol. The highest BCUT2D eigenvalue weighted by Crippen LogP contribution is 2.09. The van der Waals surface area contributed by atoms with Crippen molar-refractivity contribution < 1.29 is 4.52 Å². The van der Waals surface area contributed by atoms with Crippen LogP contribution in [0.15, 0.2) is 64.2 Å². The lowest BCUT2D eigenvalue weighted by Crippen LogP contribution is -2.15. The maximum atomic E-state index is 11.7. The van der Waals surface area contributed by atoms with Crippen molar-refractivity contribution in [2.24, 2.45) is 0 Å². The predicted molar refractivity (Wildman–Crippen MR) is 77.3 cm³/mol. The molecule has 0 aliphatic heterocycles. The minimum atomic E-state index is -0.532.